The maximum atomic E-state index is 14.9. The smallest absolute Gasteiger partial charge is 0.341 e. The molecule has 0 spiro atoms. The number of aryl methyl sites for hydroxylation is 1. The van der Waals surface area contributed by atoms with Gasteiger partial charge in [0, 0.05) is 18.4 Å². The number of aromatic nitrogens is 1. The number of unbranched alkanes of at least 4 members (excludes halogenated alkanes) is 1. The molecule has 0 bridgehead atoms. The van der Waals surface area contributed by atoms with Crippen LogP contribution in [0.2, 0.25) is 0 Å². The van der Waals surface area contributed by atoms with Crippen LogP contribution in [0, 0.1) is 21.7 Å². The van der Waals surface area contributed by atoms with Gasteiger partial charge >= 0.3 is 11.7 Å². The summed E-state index contributed by atoms with van der Waals surface area (Å²) >= 11 is 0. The molecule has 10 heteroatoms. The number of nitrogens with zero attached hydrogens (tertiary/aromatic N) is 2. The Hall–Kier alpha value is -3.82. The Bertz CT molecular complexity index is 1210. The number of nitro groups is 1. The highest BCUT2D eigenvalue weighted by atomic mass is 19.1. The fraction of sp³-hybridized carbons (Fsp3) is 0.200. The van der Waals surface area contributed by atoms with E-state index in [9.17, 15) is 33.6 Å². The highest BCUT2D eigenvalue weighted by Gasteiger charge is 2.28. The minimum Gasteiger partial charge on any atom is -0.477 e. The number of benzene rings is 2. The molecule has 30 heavy (non-hydrogen) atoms. The van der Waals surface area contributed by atoms with E-state index in [0.29, 0.717) is 12.8 Å². The van der Waals surface area contributed by atoms with E-state index >= 15 is 0 Å². The van der Waals surface area contributed by atoms with Crippen LogP contribution in [0.3, 0.4) is 0 Å². The molecular weight excluding hydrogens is 400 g/mol. The number of pyridine rings is 1. The Morgan fingerprint density at radius 2 is 1.93 bits per heavy atom. The molecule has 2 N–H and O–H groups in total. The summed E-state index contributed by atoms with van der Waals surface area (Å²) in [6, 6.07) is 5.54. The first-order chi connectivity index (χ1) is 14.2. The number of hydrogen-bond acceptors (Lipinski definition) is 5. The number of nitrogens with one attached hydrogen (secondary N) is 1. The van der Waals surface area contributed by atoms with E-state index in [2.05, 4.69) is 5.32 Å². The van der Waals surface area contributed by atoms with Gasteiger partial charge in [0.15, 0.2) is 11.5 Å². The molecule has 0 radical (unpaired) electrons. The van der Waals surface area contributed by atoms with Crippen molar-refractivity contribution in [3.63, 3.8) is 0 Å². The van der Waals surface area contributed by atoms with Crippen molar-refractivity contribution in [3.05, 3.63) is 74.1 Å². The quantitative estimate of drug-likeness (QED) is 0.434. The average Bonchev–Trinajstić information content (AvgIpc) is 2.69. The van der Waals surface area contributed by atoms with Gasteiger partial charge in [-0.05, 0) is 36.8 Å². The number of hydrogen-bond donors (Lipinski definition) is 2. The average molecular weight is 417 g/mol. The molecule has 8 nitrogen and oxygen atoms in total. The lowest BCUT2D eigenvalue weighted by Gasteiger charge is -2.15. The topological polar surface area (TPSA) is 114 Å². The minimum atomic E-state index is -1.51. The van der Waals surface area contributed by atoms with Crippen LogP contribution in [0.4, 0.5) is 25.8 Å². The number of halogens is 2. The summed E-state index contributed by atoms with van der Waals surface area (Å²) in [5, 5.41) is 23.4. The third-order valence-corrected chi connectivity index (χ3v) is 4.57. The minimum absolute atomic E-state index is 0.186. The van der Waals surface area contributed by atoms with Crippen LogP contribution in [-0.4, -0.2) is 20.6 Å². The number of aromatic carboxylic acids is 1. The first-order valence-electron chi connectivity index (χ1n) is 9.04. The van der Waals surface area contributed by atoms with Crippen molar-refractivity contribution < 1.29 is 23.6 Å². The Morgan fingerprint density at radius 3 is 2.50 bits per heavy atom. The van der Waals surface area contributed by atoms with Crippen LogP contribution in [0.5, 0.6) is 0 Å². The van der Waals surface area contributed by atoms with Gasteiger partial charge < -0.3 is 15.0 Å². The van der Waals surface area contributed by atoms with E-state index in [0.717, 1.165) is 24.4 Å². The molecule has 3 aromatic rings. The highest BCUT2D eigenvalue weighted by molar-refractivity contribution is 5.99. The maximum Gasteiger partial charge on any atom is 0.341 e. The van der Waals surface area contributed by atoms with E-state index in [1.807, 2.05) is 6.92 Å². The Balaban J connectivity index is 2.37. The molecular formula is C20H17F2N3O5. The number of fused-ring (bicyclic) bond motifs is 1. The first-order valence-corrected chi connectivity index (χ1v) is 9.04. The molecule has 0 amide bonds. The summed E-state index contributed by atoms with van der Waals surface area (Å²) < 4.78 is 29.3. The van der Waals surface area contributed by atoms with Crippen molar-refractivity contribution in [1.82, 2.24) is 4.57 Å². The predicted molar refractivity (Wildman–Crippen MR) is 106 cm³/mol. The second-order valence-electron chi connectivity index (χ2n) is 6.59. The third-order valence-electron chi connectivity index (χ3n) is 4.57. The summed E-state index contributed by atoms with van der Waals surface area (Å²) in [6.45, 7) is 2.06. The molecule has 0 fully saturated rings. The zero-order chi connectivity index (χ0) is 22.0. The van der Waals surface area contributed by atoms with Crippen molar-refractivity contribution in [2.45, 2.75) is 26.3 Å². The Morgan fingerprint density at radius 1 is 1.27 bits per heavy atom. The molecule has 0 atom stereocenters. The van der Waals surface area contributed by atoms with Gasteiger partial charge in [0.25, 0.3) is 0 Å². The maximum absolute atomic E-state index is 14.9. The van der Waals surface area contributed by atoms with Crippen LogP contribution in [0.1, 0.15) is 30.1 Å². The van der Waals surface area contributed by atoms with Crippen molar-refractivity contribution in [2.24, 2.45) is 0 Å². The zero-order valence-electron chi connectivity index (χ0n) is 15.8. The van der Waals surface area contributed by atoms with Crippen LogP contribution in [-0.2, 0) is 6.54 Å². The van der Waals surface area contributed by atoms with Crippen LogP contribution in [0.15, 0.2) is 41.3 Å². The van der Waals surface area contributed by atoms with E-state index in [1.54, 1.807) is 0 Å². The lowest BCUT2D eigenvalue weighted by atomic mass is 10.1. The molecule has 0 saturated heterocycles. The predicted octanol–water partition coefficient (Wildman–Crippen LogP) is 4.43. The molecule has 0 aliphatic rings. The summed E-state index contributed by atoms with van der Waals surface area (Å²) in [5.74, 6) is -3.16. The standard InChI is InChI=1S/C20H17F2N3O5/c1-2-3-8-24-10-14(20(27)28)19(26)13-9-15(22)16(18(17(13)24)25(29)30)23-12-6-4-11(21)5-7-12/h4-7,9-10,23H,2-3,8H2,1H3,(H,27,28). The van der Waals surface area contributed by atoms with Crippen molar-refractivity contribution in [1.29, 1.82) is 0 Å². The number of nitro benzene ring substituents is 1. The molecule has 156 valence electrons. The normalized spacial score (nSPS) is 10.9. The van der Waals surface area contributed by atoms with Gasteiger partial charge in [-0.1, -0.05) is 13.3 Å². The number of rotatable bonds is 7. The summed E-state index contributed by atoms with van der Waals surface area (Å²) in [4.78, 5) is 35.1. The van der Waals surface area contributed by atoms with Gasteiger partial charge in [0.2, 0.25) is 5.43 Å². The number of carbonyl (C=O) groups is 1. The van der Waals surface area contributed by atoms with Crippen LogP contribution >= 0.6 is 0 Å². The van der Waals surface area contributed by atoms with Gasteiger partial charge in [-0.15, -0.1) is 0 Å². The highest BCUT2D eigenvalue weighted by Crippen LogP contribution is 2.37. The second kappa shape index (κ2) is 8.27. The second-order valence-corrected chi connectivity index (χ2v) is 6.59. The van der Waals surface area contributed by atoms with E-state index in [1.165, 1.54) is 16.7 Å². The number of carboxylic acid groups (broad SMARTS) is 1. The summed E-state index contributed by atoms with van der Waals surface area (Å²) in [7, 11) is 0. The SMILES string of the molecule is CCCCn1cc(C(=O)O)c(=O)c2cc(F)c(Nc3ccc(F)cc3)c([N+](=O)[O-])c21. The van der Waals surface area contributed by atoms with Crippen molar-refractivity contribution in [2.75, 3.05) is 5.32 Å². The third kappa shape index (κ3) is 3.84. The van der Waals surface area contributed by atoms with E-state index in [-0.39, 0.29) is 17.7 Å². The van der Waals surface area contributed by atoms with Crippen molar-refractivity contribution in [3.8, 4) is 0 Å². The largest absolute Gasteiger partial charge is 0.477 e. The monoisotopic (exact) mass is 417 g/mol. The van der Waals surface area contributed by atoms with Gasteiger partial charge in [-0.3, -0.25) is 14.9 Å². The number of carboxylic acids is 1. The lowest BCUT2D eigenvalue weighted by Crippen LogP contribution is -2.20. The van der Waals surface area contributed by atoms with E-state index < -0.39 is 50.3 Å². The first kappa shape index (κ1) is 20.9. The summed E-state index contributed by atoms with van der Waals surface area (Å²) in [5.41, 5.74) is -2.82. The van der Waals surface area contributed by atoms with Crippen molar-refractivity contribution >= 4 is 33.9 Å². The molecule has 2 aromatic carbocycles. The van der Waals surface area contributed by atoms with Gasteiger partial charge in [-0.2, -0.15) is 0 Å². The Labute approximate surface area is 168 Å². The van der Waals surface area contributed by atoms with Crippen LogP contribution < -0.4 is 10.7 Å². The molecule has 0 unspecified atom stereocenters. The molecule has 1 aromatic heterocycles. The molecule has 0 saturated carbocycles. The summed E-state index contributed by atoms with van der Waals surface area (Å²) in [6.07, 6.45) is 2.28. The zero-order valence-corrected chi connectivity index (χ0v) is 15.8. The number of anilines is 2. The Kier molecular flexibility index (Phi) is 5.77. The molecule has 0 aliphatic heterocycles. The molecule has 3 rings (SSSR count). The lowest BCUT2D eigenvalue weighted by molar-refractivity contribution is -0.382. The fourth-order valence-corrected chi connectivity index (χ4v) is 3.15. The molecule has 1 heterocycles. The van der Waals surface area contributed by atoms with E-state index in [4.69, 9.17) is 0 Å². The van der Waals surface area contributed by atoms with Gasteiger partial charge in [0.1, 0.15) is 16.9 Å². The van der Waals surface area contributed by atoms with Gasteiger partial charge in [0.05, 0.1) is 10.3 Å². The molecule has 0 aliphatic carbocycles. The fourth-order valence-electron chi connectivity index (χ4n) is 3.15. The van der Waals surface area contributed by atoms with Crippen LogP contribution in [0.25, 0.3) is 10.9 Å². The van der Waals surface area contributed by atoms with Gasteiger partial charge in [-0.25, -0.2) is 13.6 Å².